The van der Waals surface area contributed by atoms with E-state index in [1.807, 2.05) is 13.8 Å². The van der Waals surface area contributed by atoms with Gasteiger partial charge in [-0.15, -0.1) is 0 Å². The van der Waals surface area contributed by atoms with Gasteiger partial charge in [-0.3, -0.25) is 14.5 Å². The Morgan fingerprint density at radius 2 is 1.73 bits per heavy atom. The molecule has 0 aromatic carbocycles. The van der Waals surface area contributed by atoms with Crippen LogP contribution in [-0.2, 0) is 33.3 Å². The van der Waals surface area contributed by atoms with Crippen LogP contribution in [-0.4, -0.2) is 97.0 Å². The van der Waals surface area contributed by atoms with Gasteiger partial charge < -0.3 is 28.8 Å². The van der Waals surface area contributed by atoms with Gasteiger partial charge in [0.2, 0.25) is 0 Å². The fraction of sp³-hybridized carbons (Fsp3) is 0.949. The molecule has 5 aliphatic carbocycles. The average molecular weight is 674 g/mol. The van der Waals surface area contributed by atoms with Crippen LogP contribution in [0.15, 0.2) is 0 Å². The maximum atomic E-state index is 14.6. The van der Waals surface area contributed by atoms with E-state index >= 15 is 0 Å². The predicted molar refractivity (Wildman–Crippen MR) is 180 cm³/mol. The smallest absolute Gasteiger partial charge is 0.303 e. The van der Waals surface area contributed by atoms with E-state index in [1.54, 1.807) is 13.8 Å². The Balaban J connectivity index is 0.00000179. The number of Topliss-reactive ketones (excluding diaryl/α,β-unsaturated/α-hetero) is 1. The molecule has 9 heteroatoms. The molecular formula is C39H63NO8. The van der Waals surface area contributed by atoms with Gasteiger partial charge >= 0.3 is 5.97 Å². The summed E-state index contributed by atoms with van der Waals surface area (Å²) in [7, 11) is 0. The van der Waals surface area contributed by atoms with Crippen molar-refractivity contribution in [3.63, 3.8) is 0 Å². The molecule has 9 unspecified atom stereocenters. The van der Waals surface area contributed by atoms with Crippen molar-refractivity contribution in [2.24, 2.45) is 45.3 Å². The van der Waals surface area contributed by atoms with Gasteiger partial charge in [-0.1, -0.05) is 34.6 Å². The minimum absolute atomic E-state index is 0.0267. The van der Waals surface area contributed by atoms with E-state index < -0.39 is 29.9 Å². The van der Waals surface area contributed by atoms with Crippen molar-refractivity contribution in [2.75, 3.05) is 32.9 Å². The highest BCUT2D eigenvalue weighted by Crippen LogP contribution is 2.87. The lowest BCUT2D eigenvalue weighted by Crippen LogP contribution is -2.58. The van der Waals surface area contributed by atoms with E-state index in [0.29, 0.717) is 29.7 Å². The summed E-state index contributed by atoms with van der Waals surface area (Å²) < 4.78 is 30.7. The molecule has 0 aromatic rings. The molecule has 0 amide bonds. The SMILES string of the molecule is CC.CC(=O)O[C@@H](C1CCC2C(O1)C(=O)C1C3CCC4C(C)(C)[C@@H](OC5CN(C6COC6)CCO5)CCC45C[C@@]35CCC21C)C(C)(C)O. The van der Waals surface area contributed by atoms with Crippen LogP contribution in [0.3, 0.4) is 0 Å². The Bertz CT molecular complexity index is 1240. The number of fused-ring (bicyclic) bond motifs is 4. The highest BCUT2D eigenvalue weighted by atomic mass is 16.7. The van der Waals surface area contributed by atoms with Crippen molar-refractivity contribution in [3.8, 4) is 0 Å². The Morgan fingerprint density at radius 3 is 2.40 bits per heavy atom. The molecule has 12 atom stereocenters. The van der Waals surface area contributed by atoms with Crippen LogP contribution in [0, 0.1) is 45.3 Å². The molecule has 0 aromatic heterocycles. The van der Waals surface area contributed by atoms with E-state index in [-0.39, 0.29) is 46.3 Å². The number of carbonyl (C=O) groups is 2. The third-order valence-corrected chi connectivity index (χ3v) is 15.2. The minimum atomic E-state index is -1.26. The fourth-order valence-corrected chi connectivity index (χ4v) is 13.0. The molecule has 1 N–H and O–H groups in total. The van der Waals surface area contributed by atoms with Crippen molar-refractivity contribution >= 4 is 11.8 Å². The third-order valence-electron chi connectivity index (χ3n) is 15.2. The summed E-state index contributed by atoms with van der Waals surface area (Å²) in [5.74, 6) is 1.07. The van der Waals surface area contributed by atoms with Gasteiger partial charge in [0.05, 0.1) is 50.2 Å². The summed E-state index contributed by atoms with van der Waals surface area (Å²) >= 11 is 0. The molecule has 8 fully saturated rings. The normalized spacial score (nSPS) is 47.1. The summed E-state index contributed by atoms with van der Waals surface area (Å²) in [6, 6.07) is 0.506. The number of rotatable bonds is 6. The maximum Gasteiger partial charge on any atom is 0.303 e. The topological polar surface area (TPSA) is 104 Å². The van der Waals surface area contributed by atoms with Crippen molar-refractivity contribution in [2.45, 2.75) is 156 Å². The van der Waals surface area contributed by atoms with Gasteiger partial charge in [-0.25, -0.2) is 0 Å². The molecule has 8 aliphatic rings. The van der Waals surface area contributed by atoms with Gasteiger partial charge in [-0.2, -0.15) is 0 Å². The largest absolute Gasteiger partial charge is 0.457 e. The Kier molecular flexibility index (Phi) is 9.01. The average Bonchev–Trinajstić information content (AvgIpc) is 3.62. The molecule has 3 saturated heterocycles. The van der Waals surface area contributed by atoms with Gasteiger partial charge in [0.25, 0.3) is 0 Å². The summed E-state index contributed by atoms with van der Waals surface area (Å²) in [6.45, 7) is 20.1. The van der Waals surface area contributed by atoms with Crippen LogP contribution in [0.2, 0.25) is 0 Å². The Morgan fingerprint density at radius 1 is 1.00 bits per heavy atom. The number of ketones is 1. The van der Waals surface area contributed by atoms with Crippen molar-refractivity contribution < 1.29 is 38.4 Å². The highest BCUT2D eigenvalue weighted by Gasteiger charge is 2.82. The van der Waals surface area contributed by atoms with Crippen molar-refractivity contribution in [1.82, 2.24) is 4.90 Å². The van der Waals surface area contributed by atoms with Crippen molar-refractivity contribution in [1.29, 1.82) is 0 Å². The summed E-state index contributed by atoms with van der Waals surface area (Å²) in [5, 5.41) is 10.9. The predicted octanol–water partition coefficient (Wildman–Crippen LogP) is 5.54. The summed E-state index contributed by atoms with van der Waals surface area (Å²) in [5.41, 5.74) is -0.710. The van der Waals surface area contributed by atoms with Gasteiger partial charge in [0.15, 0.2) is 18.2 Å². The van der Waals surface area contributed by atoms with Gasteiger partial charge in [0.1, 0.15) is 6.10 Å². The monoisotopic (exact) mass is 673 g/mol. The van der Waals surface area contributed by atoms with E-state index in [1.165, 1.54) is 26.2 Å². The first-order valence-electron chi connectivity index (χ1n) is 19.4. The lowest BCUT2D eigenvalue weighted by atomic mass is 9.46. The summed E-state index contributed by atoms with van der Waals surface area (Å²) in [4.78, 5) is 29.0. The van der Waals surface area contributed by atoms with Crippen LogP contribution in [0.5, 0.6) is 0 Å². The number of nitrogens with zero attached hydrogens (tertiary/aromatic N) is 1. The first-order chi connectivity index (χ1) is 22.7. The Labute approximate surface area is 288 Å². The molecule has 3 aliphatic heterocycles. The molecule has 2 spiro atoms. The number of ether oxygens (including phenoxy) is 5. The maximum absolute atomic E-state index is 14.6. The van der Waals surface area contributed by atoms with Crippen LogP contribution in [0.25, 0.3) is 0 Å². The van der Waals surface area contributed by atoms with Crippen LogP contribution < -0.4 is 0 Å². The Hall–Kier alpha value is -1.10. The second kappa shape index (κ2) is 12.3. The number of hydrogen-bond donors (Lipinski definition) is 1. The zero-order chi connectivity index (χ0) is 34.4. The molecule has 272 valence electrons. The fourth-order valence-electron chi connectivity index (χ4n) is 13.0. The number of morpholine rings is 1. The van der Waals surface area contributed by atoms with Gasteiger partial charge in [0, 0.05) is 19.4 Å². The number of aliphatic hydroxyl groups is 1. The molecular weight excluding hydrogens is 610 g/mol. The first kappa shape index (κ1) is 35.3. The van der Waals surface area contributed by atoms with Gasteiger partial charge in [-0.05, 0) is 111 Å². The van der Waals surface area contributed by atoms with E-state index in [0.717, 1.165) is 65.0 Å². The number of esters is 1. The highest BCUT2D eigenvalue weighted by molar-refractivity contribution is 5.90. The lowest BCUT2D eigenvalue weighted by Gasteiger charge is -2.59. The summed E-state index contributed by atoms with van der Waals surface area (Å²) in [6.07, 6.45) is 7.88. The van der Waals surface area contributed by atoms with Crippen LogP contribution in [0.1, 0.15) is 113 Å². The zero-order valence-electron chi connectivity index (χ0n) is 30.9. The molecule has 0 radical (unpaired) electrons. The number of carbonyl (C=O) groups excluding carboxylic acids is 2. The first-order valence-corrected chi connectivity index (χ1v) is 19.4. The molecule has 3 heterocycles. The standard InChI is InChI=1S/C37H57NO8.C2H6/c1-21(39)44-32(34(4,5)41)25-9-7-24-31(45-25)30(40)29-23-8-10-26-33(2,3)27(46-28-17-38(15-16-43-28)22-18-42-19-22)11-12-37(26)20-36(23,37)14-13-35(24,29)6;1-2/h22-29,31-32,41H,7-20H2,1-6H3;1-2H3/t23?,24?,25?,26?,27-,28?,29?,31?,32-,35?,36-,37?;/m0./s1. The van der Waals surface area contributed by atoms with Crippen LogP contribution >= 0.6 is 0 Å². The van der Waals surface area contributed by atoms with E-state index in [4.69, 9.17) is 23.7 Å². The molecule has 48 heavy (non-hydrogen) atoms. The molecule has 5 saturated carbocycles. The van der Waals surface area contributed by atoms with Crippen LogP contribution in [0.4, 0.5) is 0 Å². The number of hydrogen-bond acceptors (Lipinski definition) is 9. The molecule has 0 bridgehead atoms. The van der Waals surface area contributed by atoms with E-state index in [2.05, 4.69) is 25.7 Å². The zero-order valence-corrected chi connectivity index (χ0v) is 30.9. The lowest BCUT2D eigenvalue weighted by molar-refractivity contribution is -0.253. The third kappa shape index (κ3) is 5.21. The van der Waals surface area contributed by atoms with E-state index in [9.17, 15) is 14.7 Å². The van der Waals surface area contributed by atoms with Crippen molar-refractivity contribution in [3.05, 3.63) is 0 Å². The quantitative estimate of drug-likeness (QED) is 0.364. The second-order valence-electron chi connectivity index (χ2n) is 18.0. The molecule has 9 nitrogen and oxygen atoms in total. The minimum Gasteiger partial charge on any atom is -0.457 e. The second-order valence-corrected chi connectivity index (χ2v) is 18.0. The molecule has 8 rings (SSSR count).